The van der Waals surface area contributed by atoms with Gasteiger partial charge in [-0.15, -0.1) is 12.4 Å². The van der Waals surface area contributed by atoms with Crippen molar-refractivity contribution in [2.45, 2.75) is 26.5 Å². The molecule has 0 aromatic heterocycles. The van der Waals surface area contributed by atoms with E-state index in [0.717, 1.165) is 54.2 Å². The minimum absolute atomic E-state index is 0. The van der Waals surface area contributed by atoms with Gasteiger partial charge in [0.15, 0.2) is 0 Å². The van der Waals surface area contributed by atoms with Gasteiger partial charge in [0.05, 0.1) is 6.04 Å². The van der Waals surface area contributed by atoms with E-state index in [1.807, 2.05) is 32.0 Å². The molecule has 0 bridgehead atoms. The quantitative estimate of drug-likeness (QED) is 0.814. The fourth-order valence-electron chi connectivity index (χ4n) is 3.52. The van der Waals surface area contributed by atoms with Crippen LogP contribution in [0.1, 0.15) is 28.3 Å². The first-order valence-corrected chi connectivity index (χ1v) is 8.97. The van der Waals surface area contributed by atoms with Gasteiger partial charge in [-0.05, 0) is 36.1 Å². The maximum atomic E-state index is 13.8. The maximum absolute atomic E-state index is 13.8. The van der Waals surface area contributed by atoms with Crippen molar-refractivity contribution >= 4 is 12.4 Å². The number of hydrogen-bond donors (Lipinski definition) is 1. The molecule has 0 unspecified atom stereocenters. The van der Waals surface area contributed by atoms with Gasteiger partial charge >= 0.3 is 0 Å². The lowest BCUT2D eigenvalue weighted by molar-refractivity contribution is 0.147. The number of aryl methyl sites for hydroxylation is 2. The standard InChI is InChI=1S/C21H27FN2O.ClH/c1-16-12-19(20(14-22)24-10-8-23-9-11-24)13-17(2)21(16)25-15-18-6-4-3-5-7-18;/h3-7,12-13,20,23H,8-11,14-15H2,1-2H3;1H/t20-;/m0./s1. The van der Waals surface area contributed by atoms with Crippen molar-refractivity contribution in [2.24, 2.45) is 0 Å². The molecule has 1 heterocycles. The SMILES string of the molecule is Cc1cc([C@H](CF)N2CCNCC2)cc(C)c1OCc1ccccc1.Cl. The fraction of sp³-hybridized carbons (Fsp3) is 0.429. The Morgan fingerprint density at radius 1 is 1.08 bits per heavy atom. The van der Waals surface area contributed by atoms with E-state index in [-0.39, 0.29) is 25.1 Å². The van der Waals surface area contributed by atoms with Gasteiger partial charge in [0, 0.05) is 26.2 Å². The summed E-state index contributed by atoms with van der Waals surface area (Å²) in [7, 11) is 0. The first kappa shape index (κ1) is 20.7. The third-order valence-corrected chi connectivity index (χ3v) is 4.83. The van der Waals surface area contributed by atoms with Gasteiger partial charge in [0.2, 0.25) is 0 Å². The molecule has 3 nitrogen and oxygen atoms in total. The molecule has 0 amide bonds. The minimum atomic E-state index is -0.358. The van der Waals surface area contributed by atoms with Gasteiger partial charge in [0.25, 0.3) is 0 Å². The maximum Gasteiger partial charge on any atom is 0.125 e. The summed E-state index contributed by atoms with van der Waals surface area (Å²) in [5, 5.41) is 3.33. The lowest BCUT2D eigenvalue weighted by atomic mass is 9.99. The Morgan fingerprint density at radius 3 is 2.27 bits per heavy atom. The van der Waals surface area contributed by atoms with Gasteiger partial charge in [0.1, 0.15) is 19.0 Å². The Balaban J connectivity index is 0.00000243. The molecule has 0 aliphatic carbocycles. The molecular formula is C21H28ClFN2O. The molecular weight excluding hydrogens is 351 g/mol. The minimum Gasteiger partial charge on any atom is -0.488 e. The van der Waals surface area contributed by atoms with Crippen molar-refractivity contribution in [2.75, 3.05) is 32.9 Å². The summed E-state index contributed by atoms with van der Waals surface area (Å²) in [5.41, 5.74) is 4.33. The molecule has 2 aromatic carbocycles. The molecule has 1 atom stereocenters. The third kappa shape index (κ3) is 4.97. The van der Waals surface area contributed by atoms with Crippen molar-refractivity contribution in [3.63, 3.8) is 0 Å². The summed E-state index contributed by atoms with van der Waals surface area (Å²) in [6.07, 6.45) is 0. The normalized spacial score (nSPS) is 16.0. The Morgan fingerprint density at radius 2 is 1.69 bits per heavy atom. The van der Waals surface area contributed by atoms with E-state index in [2.05, 4.69) is 34.5 Å². The predicted molar refractivity (Wildman–Crippen MR) is 107 cm³/mol. The number of rotatable bonds is 6. The molecule has 5 heteroatoms. The summed E-state index contributed by atoms with van der Waals surface area (Å²) in [4.78, 5) is 2.23. The molecule has 0 spiro atoms. The Bertz CT molecular complexity index is 667. The molecule has 1 saturated heterocycles. The average molecular weight is 379 g/mol. The van der Waals surface area contributed by atoms with Crippen LogP contribution in [0.2, 0.25) is 0 Å². The van der Waals surface area contributed by atoms with Crippen LogP contribution in [0.25, 0.3) is 0 Å². The van der Waals surface area contributed by atoms with Crippen molar-refractivity contribution in [3.05, 3.63) is 64.7 Å². The topological polar surface area (TPSA) is 24.5 Å². The molecule has 0 radical (unpaired) electrons. The molecule has 0 saturated carbocycles. The first-order chi connectivity index (χ1) is 12.2. The van der Waals surface area contributed by atoms with E-state index in [9.17, 15) is 4.39 Å². The second-order valence-electron chi connectivity index (χ2n) is 6.71. The monoisotopic (exact) mass is 378 g/mol. The summed E-state index contributed by atoms with van der Waals surface area (Å²) < 4.78 is 19.8. The van der Waals surface area contributed by atoms with Gasteiger partial charge in [-0.2, -0.15) is 0 Å². The van der Waals surface area contributed by atoms with E-state index >= 15 is 0 Å². The highest BCUT2D eigenvalue weighted by Gasteiger charge is 2.23. The van der Waals surface area contributed by atoms with Gasteiger partial charge in [-0.1, -0.05) is 42.5 Å². The lowest BCUT2D eigenvalue weighted by Gasteiger charge is -2.34. The molecule has 1 aliphatic heterocycles. The highest BCUT2D eigenvalue weighted by molar-refractivity contribution is 5.85. The van der Waals surface area contributed by atoms with Gasteiger partial charge < -0.3 is 10.1 Å². The smallest absolute Gasteiger partial charge is 0.125 e. The Kier molecular flexibility index (Phi) is 7.88. The Hall–Kier alpha value is -1.62. The molecule has 1 aliphatic rings. The molecule has 1 N–H and O–H groups in total. The van der Waals surface area contributed by atoms with Crippen LogP contribution in [0.4, 0.5) is 4.39 Å². The van der Waals surface area contributed by atoms with E-state index in [4.69, 9.17) is 4.74 Å². The predicted octanol–water partition coefficient (Wildman–Crippen LogP) is 4.22. The van der Waals surface area contributed by atoms with Crippen LogP contribution >= 0.6 is 12.4 Å². The van der Waals surface area contributed by atoms with Crippen LogP contribution in [0.3, 0.4) is 0 Å². The molecule has 26 heavy (non-hydrogen) atoms. The zero-order valence-corrected chi connectivity index (χ0v) is 16.3. The zero-order valence-electron chi connectivity index (χ0n) is 15.5. The highest BCUT2D eigenvalue weighted by atomic mass is 35.5. The summed E-state index contributed by atoms with van der Waals surface area (Å²) in [6, 6.07) is 14.1. The van der Waals surface area contributed by atoms with Crippen LogP contribution in [0.5, 0.6) is 5.75 Å². The third-order valence-electron chi connectivity index (χ3n) is 4.83. The van der Waals surface area contributed by atoms with Crippen LogP contribution in [0, 0.1) is 13.8 Å². The Labute approximate surface area is 162 Å². The number of ether oxygens (including phenoxy) is 1. The molecule has 142 valence electrons. The average Bonchev–Trinajstić information content (AvgIpc) is 2.63. The van der Waals surface area contributed by atoms with E-state index in [1.54, 1.807) is 0 Å². The van der Waals surface area contributed by atoms with Gasteiger partial charge in [-0.25, -0.2) is 4.39 Å². The van der Waals surface area contributed by atoms with E-state index in [0.29, 0.717) is 6.61 Å². The number of nitrogens with one attached hydrogen (secondary N) is 1. The van der Waals surface area contributed by atoms with Crippen LogP contribution in [0.15, 0.2) is 42.5 Å². The van der Waals surface area contributed by atoms with Crippen molar-refractivity contribution in [1.82, 2.24) is 10.2 Å². The largest absolute Gasteiger partial charge is 0.488 e. The number of alkyl halides is 1. The fourth-order valence-corrected chi connectivity index (χ4v) is 3.52. The highest BCUT2D eigenvalue weighted by Crippen LogP contribution is 2.31. The number of nitrogens with zero attached hydrogens (tertiary/aromatic N) is 1. The molecule has 1 fully saturated rings. The lowest BCUT2D eigenvalue weighted by Crippen LogP contribution is -2.45. The van der Waals surface area contributed by atoms with Crippen LogP contribution in [-0.2, 0) is 6.61 Å². The van der Waals surface area contributed by atoms with Gasteiger partial charge in [-0.3, -0.25) is 4.90 Å². The number of piperazine rings is 1. The summed E-state index contributed by atoms with van der Waals surface area (Å²) in [6.45, 7) is 7.90. The van der Waals surface area contributed by atoms with Crippen molar-refractivity contribution < 1.29 is 9.13 Å². The zero-order chi connectivity index (χ0) is 17.6. The first-order valence-electron chi connectivity index (χ1n) is 8.97. The van der Waals surface area contributed by atoms with Crippen molar-refractivity contribution in [1.29, 1.82) is 0 Å². The van der Waals surface area contributed by atoms with Crippen LogP contribution < -0.4 is 10.1 Å². The van der Waals surface area contributed by atoms with Crippen molar-refractivity contribution in [3.8, 4) is 5.75 Å². The van der Waals surface area contributed by atoms with Crippen LogP contribution in [-0.4, -0.2) is 37.8 Å². The molecule has 3 rings (SSSR count). The second-order valence-corrected chi connectivity index (χ2v) is 6.71. The number of halogens is 2. The number of hydrogen-bond acceptors (Lipinski definition) is 3. The van der Waals surface area contributed by atoms with E-state index in [1.165, 1.54) is 0 Å². The summed E-state index contributed by atoms with van der Waals surface area (Å²) >= 11 is 0. The second kappa shape index (κ2) is 9.91. The molecule has 2 aromatic rings. The summed E-state index contributed by atoms with van der Waals surface area (Å²) in [5.74, 6) is 0.908. The number of benzene rings is 2. The van der Waals surface area contributed by atoms with E-state index < -0.39 is 0 Å².